The van der Waals surface area contributed by atoms with Crippen LogP contribution in [0.25, 0.3) is 0 Å². The Morgan fingerprint density at radius 3 is 2.76 bits per heavy atom. The van der Waals surface area contributed by atoms with E-state index in [9.17, 15) is 9.59 Å². The summed E-state index contributed by atoms with van der Waals surface area (Å²) in [6.45, 7) is 4.17. The third-order valence-electron chi connectivity index (χ3n) is 5.15. The average molecular weight is 346 g/mol. The third-order valence-corrected chi connectivity index (χ3v) is 5.15. The number of amides is 3. The molecule has 2 aliphatic heterocycles. The highest BCUT2D eigenvalue weighted by molar-refractivity contribution is 5.78. The molecule has 2 aliphatic rings. The van der Waals surface area contributed by atoms with Crippen LogP contribution in [0.4, 0.5) is 4.79 Å². The molecule has 2 saturated heterocycles. The number of carbonyl (C=O) groups is 2. The Balaban J connectivity index is 1.53. The fourth-order valence-electron chi connectivity index (χ4n) is 3.71. The number of urea groups is 1. The smallest absolute Gasteiger partial charge is 0.317 e. The molecule has 25 heavy (non-hydrogen) atoms. The van der Waals surface area contributed by atoms with Crippen LogP contribution in [-0.2, 0) is 4.79 Å². The van der Waals surface area contributed by atoms with Gasteiger partial charge >= 0.3 is 6.03 Å². The van der Waals surface area contributed by atoms with Crippen LogP contribution >= 0.6 is 0 Å². The van der Waals surface area contributed by atoms with Crippen molar-refractivity contribution in [1.82, 2.24) is 20.1 Å². The summed E-state index contributed by atoms with van der Waals surface area (Å²) >= 11 is 0. The third kappa shape index (κ3) is 3.86. The van der Waals surface area contributed by atoms with Gasteiger partial charge in [0.1, 0.15) is 5.75 Å². The van der Waals surface area contributed by atoms with Gasteiger partial charge in [-0.25, -0.2) is 4.79 Å². The second-order valence-corrected chi connectivity index (χ2v) is 6.70. The van der Waals surface area contributed by atoms with Crippen molar-refractivity contribution in [3.05, 3.63) is 24.0 Å². The maximum Gasteiger partial charge on any atom is 0.317 e. The van der Waals surface area contributed by atoms with E-state index in [0.29, 0.717) is 25.3 Å². The van der Waals surface area contributed by atoms with Crippen molar-refractivity contribution in [1.29, 1.82) is 0 Å². The molecule has 1 aromatic heterocycles. The number of ether oxygens (including phenoxy) is 1. The molecule has 1 aromatic rings. The van der Waals surface area contributed by atoms with Crippen molar-refractivity contribution in [3.8, 4) is 5.75 Å². The highest BCUT2D eigenvalue weighted by Gasteiger charge is 2.32. The van der Waals surface area contributed by atoms with Crippen molar-refractivity contribution in [2.75, 3.05) is 26.7 Å². The Bertz CT molecular complexity index is 629. The number of hydrogen-bond donors (Lipinski definition) is 1. The lowest BCUT2D eigenvalue weighted by atomic mass is 10.0. The van der Waals surface area contributed by atoms with Gasteiger partial charge in [-0.2, -0.15) is 0 Å². The molecule has 0 spiro atoms. The SMILES string of the molecule is COc1cnccc1[C@H](C)NC(=O)N1CCC(N2CCCC2=O)CC1. The van der Waals surface area contributed by atoms with Crippen LogP contribution in [0.5, 0.6) is 5.75 Å². The van der Waals surface area contributed by atoms with E-state index < -0.39 is 0 Å². The number of nitrogens with one attached hydrogen (secondary N) is 1. The van der Waals surface area contributed by atoms with E-state index in [1.807, 2.05) is 22.8 Å². The van der Waals surface area contributed by atoms with E-state index in [0.717, 1.165) is 31.4 Å². The number of aromatic nitrogens is 1. The molecule has 136 valence electrons. The van der Waals surface area contributed by atoms with E-state index in [4.69, 9.17) is 4.74 Å². The number of rotatable bonds is 4. The average Bonchev–Trinajstić information content (AvgIpc) is 3.07. The number of hydrogen-bond acceptors (Lipinski definition) is 4. The van der Waals surface area contributed by atoms with Crippen molar-refractivity contribution >= 4 is 11.9 Å². The predicted octanol–water partition coefficient (Wildman–Crippen LogP) is 1.95. The van der Waals surface area contributed by atoms with Crippen molar-refractivity contribution in [2.24, 2.45) is 0 Å². The van der Waals surface area contributed by atoms with Crippen molar-refractivity contribution < 1.29 is 14.3 Å². The Morgan fingerprint density at radius 2 is 2.12 bits per heavy atom. The van der Waals surface area contributed by atoms with Gasteiger partial charge in [-0.3, -0.25) is 9.78 Å². The molecule has 3 amide bonds. The second kappa shape index (κ2) is 7.72. The fraction of sp³-hybridized carbons (Fsp3) is 0.611. The lowest BCUT2D eigenvalue weighted by Gasteiger charge is -2.37. The largest absolute Gasteiger partial charge is 0.495 e. The summed E-state index contributed by atoms with van der Waals surface area (Å²) in [7, 11) is 1.60. The minimum Gasteiger partial charge on any atom is -0.495 e. The number of pyridine rings is 1. The maximum absolute atomic E-state index is 12.6. The molecule has 0 radical (unpaired) electrons. The van der Waals surface area contributed by atoms with Crippen molar-refractivity contribution in [2.45, 2.75) is 44.7 Å². The molecule has 7 heteroatoms. The van der Waals surface area contributed by atoms with Crippen LogP contribution in [-0.4, -0.2) is 59.5 Å². The Kier molecular flexibility index (Phi) is 5.40. The molecule has 0 aliphatic carbocycles. The lowest BCUT2D eigenvalue weighted by molar-refractivity contribution is -0.130. The molecule has 1 N–H and O–H groups in total. The number of methoxy groups -OCH3 is 1. The van der Waals surface area contributed by atoms with Gasteiger partial charge in [0.05, 0.1) is 19.3 Å². The summed E-state index contributed by atoms with van der Waals surface area (Å²) in [4.78, 5) is 32.3. The lowest BCUT2D eigenvalue weighted by Crippen LogP contribution is -2.50. The molecular formula is C18H26N4O3. The van der Waals surface area contributed by atoms with Gasteiger partial charge in [0.2, 0.25) is 5.91 Å². The van der Waals surface area contributed by atoms with Crippen LogP contribution in [0.15, 0.2) is 18.5 Å². The first-order valence-corrected chi connectivity index (χ1v) is 8.93. The Morgan fingerprint density at radius 1 is 1.36 bits per heavy atom. The Labute approximate surface area is 148 Å². The fourth-order valence-corrected chi connectivity index (χ4v) is 3.71. The topological polar surface area (TPSA) is 74.8 Å². The molecule has 1 atom stereocenters. The molecule has 2 fully saturated rings. The van der Waals surface area contributed by atoms with Gasteiger partial charge in [-0.15, -0.1) is 0 Å². The van der Waals surface area contributed by atoms with Gasteiger partial charge in [-0.1, -0.05) is 0 Å². The molecule has 3 rings (SSSR count). The highest BCUT2D eigenvalue weighted by atomic mass is 16.5. The normalized spacial score (nSPS) is 19.8. The van der Waals surface area contributed by atoms with Gasteiger partial charge in [0.15, 0.2) is 0 Å². The first-order chi connectivity index (χ1) is 12.1. The predicted molar refractivity (Wildman–Crippen MR) is 93.3 cm³/mol. The van der Waals surface area contributed by atoms with E-state index in [-0.39, 0.29) is 24.0 Å². The number of piperidine rings is 1. The molecule has 7 nitrogen and oxygen atoms in total. The van der Waals surface area contributed by atoms with Gasteiger partial charge in [0.25, 0.3) is 0 Å². The zero-order valence-corrected chi connectivity index (χ0v) is 14.9. The van der Waals surface area contributed by atoms with Gasteiger partial charge in [0, 0.05) is 43.9 Å². The number of likely N-dealkylation sites (tertiary alicyclic amines) is 2. The summed E-state index contributed by atoms with van der Waals surface area (Å²) in [5.74, 6) is 0.933. The molecule has 0 bridgehead atoms. The highest BCUT2D eigenvalue weighted by Crippen LogP contribution is 2.25. The van der Waals surface area contributed by atoms with Crippen LogP contribution in [0.2, 0.25) is 0 Å². The summed E-state index contributed by atoms with van der Waals surface area (Å²) in [6.07, 6.45) is 6.69. The molecule has 0 aromatic carbocycles. The minimum absolute atomic E-state index is 0.0717. The summed E-state index contributed by atoms with van der Waals surface area (Å²) in [5, 5.41) is 3.03. The molecule has 3 heterocycles. The van der Waals surface area contributed by atoms with E-state index in [2.05, 4.69) is 10.3 Å². The van der Waals surface area contributed by atoms with Gasteiger partial charge in [-0.05, 0) is 32.3 Å². The van der Waals surface area contributed by atoms with E-state index in [1.165, 1.54) is 0 Å². The molecule has 0 saturated carbocycles. The second-order valence-electron chi connectivity index (χ2n) is 6.70. The zero-order valence-electron chi connectivity index (χ0n) is 14.9. The monoisotopic (exact) mass is 346 g/mol. The van der Waals surface area contributed by atoms with E-state index in [1.54, 1.807) is 19.5 Å². The standard InChI is InChI=1S/C18H26N4O3/c1-13(15-5-8-19-12-16(15)25-2)20-18(24)21-10-6-14(7-11-21)22-9-3-4-17(22)23/h5,8,12-14H,3-4,6-7,9-11H2,1-2H3,(H,20,24)/t13-/m0/s1. The maximum atomic E-state index is 12.6. The van der Waals surface area contributed by atoms with Crippen LogP contribution in [0, 0.1) is 0 Å². The van der Waals surface area contributed by atoms with Crippen molar-refractivity contribution in [3.63, 3.8) is 0 Å². The summed E-state index contributed by atoms with van der Waals surface area (Å²) in [6, 6.07) is 1.91. The first kappa shape index (κ1) is 17.5. The Hall–Kier alpha value is -2.31. The first-order valence-electron chi connectivity index (χ1n) is 8.93. The van der Waals surface area contributed by atoms with Crippen LogP contribution in [0.1, 0.15) is 44.2 Å². The zero-order chi connectivity index (χ0) is 17.8. The van der Waals surface area contributed by atoms with E-state index >= 15 is 0 Å². The van der Waals surface area contributed by atoms with Crippen LogP contribution < -0.4 is 10.1 Å². The van der Waals surface area contributed by atoms with Crippen LogP contribution in [0.3, 0.4) is 0 Å². The number of nitrogens with zero attached hydrogens (tertiary/aromatic N) is 3. The number of carbonyl (C=O) groups excluding carboxylic acids is 2. The molecule has 0 unspecified atom stereocenters. The summed E-state index contributed by atoms with van der Waals surface area (Å²) in [5.41, 5.74) is 0.906. The minimum atomic E-state index is -0.164. The molecular weight excluding hydrogens is 320 g/mol. The summed E-state index contributed by atoms with van der Waals surface area (Å²) < 4.78 is 5.31. The quantitative estimate of drug-likeness (QED) is 0.904. The van der Waals surface area contributed by atoms with Gasteiger partial charge < -0.3 is 19.9 Å².